The smallest absolute Gasteiger partial charge is 0.101 e. The van der Waals surface area contributed by atoms with Gasteiger partial charge in [0.05, 0.1) is 0 Å². The summed E-state index contributed by atoms with van der Waals surface area (Å²) in [6, 6.07) is 0. The minimum absolute atomic E-state index is 0.646. The second-order valence-electron chi connectivity index (χ2n) is 8.64. The molecule has 0 aromatic rings. The highest BCUT2D eigenvalue weighted by atomic mass is 15.4. The van der Waals surface area contributed by atoms with E-state index in [1.54, 1.807) is 0 Å². The van der Waals surface area contributed by atoms with Gasteiger partial charge in [-0.1, -0.05) is 104 Å². The highest BCUT2D eigenvalue weighted by molar-refractivity contribution is 4.96. The third kappa shape index (κ3) is 11.7. The first-order valence-electron chi connectivity index (χ1n) is 12.5. The molecule has 0 fully saturated rings. The number of hydrogen-bond acceptors (Lipinski definition) is 2. The minimum atomic E-state index is 0.646. The van der Waals surface area contributed by atoms with Crippen LogP contribution in [0.2, 0.25) is 0 Å². The first-order chi connectivity index (χ1) is 13.3. The van der Waals surface area contributed by atoms with Gasteiger partial charge >= 0.3 is 0 Å². The van der Waals surface area contributed by atoms with Gasteiger partial charge in [-0.05, 0) is 25.7 Å². The predicted octanol–water partition coefficient (Wildman–Crippen LogP) is 8.09. The van der Waals surface area contributed by atoms with Crippen LogP contribution in [-0.4, -0.2) is 29.1 Å². The zero-order chi connectivity index (χ0) is 19.6. The first kappa shape index (κ1) is 24.4. The fourth-order valence-electron chi connectivity index (χ4n) is 4.24. The van der Waals surface area contributed by atoms with E-state index in [1.807, 2.05) is 0 Å². The maximum absolute atomic E-state index is 2.65. The van der Waals surface area contributed by atoms with Crippen LogP contribution in [0.3, 0.4) is 0 Å². The van der Waals surface area contributed by atoms with E-state index in [1.165, 1.54) is 122 Å². The summed E-state index contributed by atoms with van der Waals surface area (Å²) in [4.78, 5) is 5.28. The highest BCUT2D eigenvalue weighted by Gasteiger charge is 2.24. The van der Waals surface area contributed by atoms with Crippen molar-refractivity contribution >= 4 is 0 Å². The molecule has 0 aromatic carbocycles. The average molecular weight is 379 g/mol. The molecule has 0 aromatic heterocycles. The Bertz CT molecular complexity index is 339. The van der Waals surface area contributed by atoms with Gasteiger partial charge in [0.15, 0.2) is 0 Å². The second-order valence-corrected chi connectivity index (χ2v) is 8.64. The zero-order valence-electron chi connectivity index (χ0n) is 19.1. The van der Waals surface area contributed by atoms with Crippen molar-refractivity contribution in [3.05, 3.63) is 12.4 Å². The molecule has 0 aliphatic carbocycles. The number of rotatable bonds is 19. The van der Waals surface area contributed by atoms with Gasteiger partial charge in [-0.15, -0.1) is 0 Å². The molecular formula is C25H50N2. The van der Waals surface area contributed by atoms with Crippen LogP contribution in [0.15, 0.2) is 12.4 Å². The van der Waals surface area contributed by atoms with E-state index in [0.29, 0.717) is 6.17 Å². The fraction of sp³-hybridized carbons (Fsp3) is 0.920. The molecular weight excluding hydrogens is 328 g/mol. The summed E-state index contributed by atoms with van der Waals surface area (Å²) in [6.07, 6.45) is 29.1. The van der Waals surface area contributed by atoms with E-state index >= 15 is 0 Å². The molecule has 2 nitrogen and oxygen atoms in total. The Morgan fingerprint density at radius 3 is 1.37 bits per heavy atom. The molecule has 0 saturated carbocycles. The molecule has 1 unspecified atom stereocenters. The molecule has 1 aliphatic heterocycles. The Morgan fingerprint density at radius 2 is 0.852 bits per heavy atom. The molecule has 1 atom stereocenters. The zero-order valence-corrected chi connectivity index (χ0v) is 19.1. The first-order valence-corrected chi connectivity index (χ1v) is 12.5. The molecule has 0 spiro atoms. The lowest BCUT2D eigenvalue weighted by Crippen LogP contribution is -2.39. The van der Waals surface area contributed by atoms with Crippen molar-refractivity contribution in [2.24, 2.45) is 0 Å². The van der Waals surface area contributed by atoms with E-state index < -0.39 is 0 Å². The molecule has 27 heavy (non-hydrogen) atoms. The molecule has 1 heterocycles. The number of hydrogen-bond donors (Lipinski definition) is 0. The Hall–Kier alpha value is -0.660. The van der Waals surface area contributed by atoms with E-state index in [9.17, 15) is 0 Å². The third-order valence-corrected chi connectivity index (χ3v) is 6.07. The van der Waals surface area contributed by atoms with Crippen molar-refractivity contribution in [3.63, 3.8) is 0 Å². The van der Waals surface area contributed by atoms with Crippen molar-refractivity contribution in [2.75, 3.05) is 13.1 Å². The highest BCUT2D eigenvalue weighted by Crippen LogP contribution is 2.23. The van der Waals surface area contributed by atoms with Crippen molar-refractivity contribution in [1.82, 2.24) is 9.80 Å². The summed E-state index contributed by atoms with van der Waals surface area (Å²) < 4.78 is 0. The van der Waals surface area contributed by atoms with Crippen LogP contribution >= 0.6 is 0 Å². The Kier molecular flexibility index (Phi) is 15.7. The van der Waals surface area contributed by atoms with Crippen LogP contribution in [0.1, 0.15) is 130 Å². The molecule has 1 rings (SSSR count). The summed E-state index contributed by atoms with van der Waals surface area (Å²) in [5.74, 6) is 0. The average Bonchev–Trinajstić information content (AvgIpc) is 3.06. The van der Waals surface area contributed by atoms with Crippen LogP contribution in [-0.2, 0) is 0 Å². The van der Waals surface area contributed by atoms with Gasteiger partial charge in [-0.25, -0.2) is 0 Å². The fourth-order valence-corrected chi connectivity index (χ4v) is 4.24. The van der Waals surface area contributed by atoms with Gasteiger partial charge < -0.3 is 9.80 Å². The minimum Gasteiger partial charge on any atom is -0.356 e. The predicted molar refractivity (Wildman–Crippen MR) is 122 cm³/mol. The van der Waals surface area contributed by atoms with Crippen LogP contribution in [0.4, 0.5) is 0 Å². The molecule has 160 valence electrons. The van der Waals surface area contributed by atoms with E-state index in [2.05, 4.69) is 43.0 Å². The quantitative estimate of drug-likeness (QED) is 0.209. The lowest BCUT2D eigenvalue weighted by atomic mass is 10.1. The largest absolute Gasteiger partial charge is 0.356 e. The van der Waals surface area contributed by atoms with Crippen molar-refractivity contribution < 1.29 is 0 Å². The van der Waals surface area contributed by atoms with Crippen LogP contribution in [0.5, 0.6) is 0 Å². The topological polar surface area (TPSA) is 6.48 Å². The maximum atomic E-state index is 2.65. The molecule has 1 aliphatic rings. The summed E-state index contributed by atoms with van der Waals surface area (Å²) in [7, 11) is 0. The summed E-state index contributed by atoms with van der Waals surface area (Å²) >= 11 is 0. The number of nitrogens with zero attached hydrogens (tertiary/aromatic N) is 2. The number of unbranched alkanes of at least 4 members (excludes halogenated alkanes) is 13. The van der Waals surface area contributed by atoms with Crippen molar-refractivity contribution in [3.8, 4) is 0 Å². The monoisotopic (exact) mass is 378 g/mol. The Labute approximate surface area is 171 Å². The molecule has 0 bridgehead atoms. The van der Waals surface area contributed by atoms with Crippen LogP contribution in [0.25, 0.3) is 0 Å². The van der Waals surface area contributed by atoms with Gasteiger partial charge in [-0.2, -0.15) is 0 Å². The molecule has 0 radical (unpaired) electrons. The van der Waals surface area contributed by atoms with Gasteiger partial charge in [0.2, 0.25) is 0 Å². The van der Waals surface area contributed by atoms with Gasteiger partial charge in [0, 0.05) is 25.5 Å². The van der Waals surface area contributed by atoms with E-state index in [0.717, 1.165) is 0 Å². The molecule has 0 saturated heterocycles. The van der Waals surface area contributed by atoms with E-state index in [-0.39, 0.29) is 0 Å². The van der Waals surface area contributed by atoms with Crippen molar-refractivity contribution in [2.45, 2.75) is 136 Å². The lowest BCUT2D eigenvalue weighted by molar-refractivity contribution is 0.135. The second kappa shape index (κ2) is 17.4. The summed E-state index contributed by atoms with van der Waals surface area (Å²) in [5, 5.41) is 0. The van der Waals surface area contributed by atoms with Crippen molar-refractivity contribution in [1.29, 1.82) is 0 Å². The lowest BCUT2D eigenvalue weighted by Gasteiger charge is -2.33. The standard InChI is InChI=1S/C25H50N2/c1-4-7-10-12-13-14-15-16-17-20-25-26(21-18-9-6-3)23-24-27(25)22-19-11-8-5-2/h23-25H,4-22H2,1-3H3. The third-order valence-electron chi connectivity index (χ3n) is 6.07. The van der Waals surface area contributed by atoms with Gasteiger partial charge in [0.25, 0.3) is 0 Å². The van der Waals surface area contributed by atoms with E-state index in [4.69, 9.17) is 0 Å². The summed E-state index contributed by atoms with van der Waals surface area (Å²) in [5.41, 5.74) is 0. The van der Waals surface area contributed by atoms with Crippen LogP contribution < -0.4 is 0 Å². The Morgan fingerprint density at radius 1 is 0.481 bits per heavy atom. The van der Waals surface area contributed by atoms with Gasteiger partial charge in [0.1, 0.15) is 6.17 Å². The normalized spacial score (nSPS) is 16.6. The van der Waals surface area contributed by atoms with Crippen LogP contribution in [0, 0.1) is 0 Å². The molecule has 0 amide bonds. The molecule has 2 heteroatoms. The summed E-state index contributed by atoms with van der Waals surface area (Å²) in [6.45, 7) is 9.41. The Balaban J connectivity index is 2.24. The maximum Gasteiger partial charge on any atom is 0.101 e. The molecule has 0 N–H and O–H groups in total. The SMILES string of the molecule is CCCCCCCCCCCC1N(CCCCC)C=CN1CCCCCC. The van der Waals surface area contributed by atoms with Gasteiger partial charge in [-0.3, -0.25) is 0 Å².